The number of benzene rings is 1. The van der Waals surface area contributed by atoms with E-state index in [2.05, 4.69) is 27.3 Å². The minimum absolute atomic E-state index is 0.175. The molecule has 0 atom stereocenters. The average Bonchev–Trinajstić information content (AvgIpc) is 2.96. The Morgan fingerprint density at radius 3 is 2.32 bits per heavy atom. The molecule has 1 aliphatic heterocycles. The van der Waals surface area contributed by atoms with Gasteiger partial charge in [0.15, 0.2) is 0 Å². The van der Waals surface area contributed by atoms with E-state index in [1.165, 1.54) is 5.56 Å². The van der Waals surface area contributed by atoms with Crippen LogP contribution in [0.2, 0.25) is 0 Å². The van der Waals surface area contributed by atoms with Gasteiger partial charge in [-0.2, -0.15) is 10.5 Å². The quantitative estimate of drug-likeness (QED) is 0.859. The summed E-state index contributed by atoms with van der Waals surface area (Å²) in [5, 5.41) is 20.8. The van der Waals surface area contributed by atoms with E-state index in [1.807, 2.05) is 24.3 Å². The van der Waals surface area contributed by atoms with E-state index in [0.29, 0.717) is 16.9 Å². The third kappa shape index (κ3) is 4.58. The van der Waals surface area contributed by atoms with E-state index >= 15 is 0 Å². The Morgan fingerprint density at radius 2 is 1.71 bits per heavy atom. The van der Waals surface area contributed by atoms with E-state index in [0.717, 1.165) is 38.3 Å². The van der Waals surface area contributed by atoms with Crippen LogP contribution in [0.15, 0.2) is 28.7 Å². The average molecular weight is 377 g/mol. The normalized spacial score (nSPS) is 15.0. The molecule has 1 aromatic carbocycles. The van der Waals surface area contributed by atoms with E-state index in [9.17, 15) is 10.1 Å². The zero-order valence-corrected chi connectivity index (χ0v) is 16.2. The monoisotopic (exact) mass is 377 g/mol. The van der Waals surface area contributed by atoms with Crippen LogP contribution in [0.4, 0.5) is 5.88 Å². The molecule has 1 aromatic heterocycles. The van der Waals surface area contributed by atoms with Crippen LogP contribution < -0.4 is 5.32 Å². The predicted octanol–water partition coefficient (Wildman–Crippen LogP) is 2.40. The molecule has 0 spiro atoms. The van der Waals surface area contributed by atoms with Gasteiger partial charge in [0, 0.05) is 38.3 Å². The third-order valence-corrected chi connectivity index (χ3v) is 5.07. The van der Waals surface area contributed by atoms with Crippen LogP contribution in [0, 0.1) is 36.5 Å². The number of amides is 1. The van der Waals surface area contributed by atoms with E-state index in [1.54, 1.807) is 13.8 Å². The van der Waals surface area contributed by atoms with Gasteiger partial charge < -0.3 is 4.42 Å². The molecule has 1 aliphatic rings. The Labute approximate surface area is 164 Å². The highest BCUT2D eigenvalue weighted by atomic mass is 16.4. The van der Waals surface area contributed by atoms with Gasteiger partial charge in [0.25, 0.3) is 0 Å². The van der Waals surface area contributed by atoms with Crippen LogP contribution >= 0.6 is 0 Å². The maximum Gasteiger partial charge on any atom is 0.240 e. The maximum absolute atomic E-state index is 12.3. The Bertz CT molecular complexity index is 925. The molecule has 2 heterocycles. The number of piperazine rings is 1. The van der Waals surface area contributed by atoms with Gasteiger partial charge in [0.2, 0.25) is 11.8 Å². The summed E-state index contributed by atoms with van der Waals surface area (Å²) in [5.74, 6) is 0.705. The number of furan rings is 1. The van der Waals surface area contributed by atoms with Crippen molar-refractivity contribution in [2.24, 2.45) is 0 Å². The SMILES string of the molecule is Cc1oc(NC(=O)CN2CCN(Cc3ccc(C#N)cc3)CC2)c(C#N)c1C. The molecular weight excluding hydrogens is 354 g/mol. The first-order valence-electron chi connectivity index (χ1n) is 9.24. The number of hydrogen-bond acceptors (Lipinski definition) is 6. The largest absolute Gasteiger partial charge is 0.444 e. The predicted molar refractivity (Wildman–Crippen MR) is 104 cm³/mol. The number of carbonyl (C=O) groups is 1. The summed E-state index contributed by atoms with van der Waals surface area (Å²) < 4.78 is 5.49. The number of nitrogens with zero attached hydrogens (tertiary/aromatic N) is 4. The topological polar surface area (TPSA) is 96.3 Å². The van der Waals surface area contributed by atoms with Gasteiger partial charge in [0.05, 0.1) is 18.2 Å². The van der Waals surface area contributed by atoms with Crippen LogP contribution in [-0.2, 0) is 11.3 Å². The Balaban J connectivity index is 1.47. The smallest absolute Gasteiger partial charge is 0.240 e. The molecule has 0 bridgehead atoms. The lowest BCUT2D eigenvalue weighted by molar-refractivity contribution is -0.117. The van der Waals surface area contributed by atoms with Gasteiger partial charge in [-0.15, -0.1) is 0 Å². The molecule has 0 radical (unpaired) electrons. The summed E-state index contributed by atoms with van der Waals surface area (Å²) in [7, 11) is 0. The second kappa shape index (κ2) is 8.71. The minimum Gasteiger partial charge on any atom is -0.444 e. The van der Waals surface area contributed by atoms with Crippen molar-refractivity contribution in [1.82, 2.24) is 9.80 Å². The third-order valence-electron chi connectivity index (χ3n) is 5.07. The van der Waals surface area contributed by atoms with E-state index in [-0.39, 0.29) is 18.3 Å². The number of carbonyl (C=O) groups excluding carboxylic acids is 1. The Kier molecular flexibility index (Phi) is 6.10. The summed E-state index contributed by atoms with van der Waals surface area (Å²) in [6.45, 7) is 8.02. The molecule has 7 nitrogen and oxygen atoms in total. The van der Waals surface area contributed by atoms with E-state index < -0.39 is 0 Å². The van der Waals surface area contributed by atoms with Crippen LogP contribution in [0.1, 0.15) is 28.0 Å². The number of hydrogen-bond donors (Lipinski definition) is 1. The zero-order chi connectivity index (χ0) is 20.1. The van der Waals surface area contributed by atoms with Crippen LogP contribution in [0.25, 0.3) is 0 Å². The second-order valence-electron chi connectivity index (χ2n) is 7.01. The van der Waals surface area contributed by atoms with Gasteiger partial charge in [-0.25, -0.2) is 0 Å². The fourth-order valence-corrected chi connectivity index (χ4v) is 3.27. The van der Waals surface area contributed by atoms with Gasteiger partial charge in [-0.3, -0.25) is 19.9 Å². The van der Waals surface area contributed by atoms with E-state index in [4.69, 9.17) is 9.68 Å². The molecule has 144 valence electrons. The second-order valence-corrected chi connectivity index (χ2v) is 7.01. The van der Waals surface area contributed by atoms with Crippen molar-refractivity contribution in [3.63, 3.8) is 0 Å². The lowest BCUT2D eigenvalue weighted by Crippen LogP contribution is -2.48. The van der Waals surface area contributed by atoms with Crippen molar-refractivity contribution in [3.8, 4) is 12.1 Å². The summed E-state index contributed by atoms with van der Waals surface area (Å²) in [4.78, 5) is 16.8. The first kappa shape index (κ1) is 19.6. The van der Waals surface area contributed by atoms with Gasteiger partial charge >= 0.3 is 0 Å². The Hall–Kier alpha value is -3.13. The lowest BCUT2D eigenvalue weighted by atomic mass is 10.1. The van der Waals surface area contributed by atoms with Crippen molar-refractivity contribution in [3.05, 3.63) is 52.3 Å². The molecule has 0 saturated carbocycles. The summed E-state index contributed by atoms with van der Waals surface area (Å²) in [5.41, 5.74) is 2.99. The van der Waals surface area contributed by atoms with Crippen molar-refractivity contribution < 1.29 is 9.21 Å². The number of aryl methyl sites for hydroxylation is 1. The number of anilines is 1. The highest BCUT2D eigenvalue weighted by Crippen LogP contribution is 2.25. The standard InChI is InChI=1S/C21H23N5O2/c1-15-16(2)28-21(19(15)12-23)24-20(27)14-26-9-7-25(8-10-26)13-18-5-3-17(11-22)4-6-18/h3-6H,7-10,13-14H2,1-2H3,(H,24,27). The van der Waals surface area contributed by atoms with Crippen molar-refractivity contribution in [2.75, 3.05) is 38.0 Å². The number of nitriles is 2. The molecule has 0 aliphatic carbocycles. The first-order valence-corrected chi connectivity index (χ1v) is 9.24. The summed E-state index contributed by atoms with van der Waals surface area (Å²) >= 11 is 0. The zero-order valence-electron chi connectivity index (χ0n) is 16.2. The lowest BCUT2D eigenvalue weighted by Gasteiger charge is -2.34. The highest BCUT2D eigenvalue weighted by Gasteiger charge is 2.21. The molecule has 3 rings (SSSR count). The molecule has 1 N–H and O–H groups in total. The summed E-state index contributed by atoms with van der Waals surface area (Å²) in [6, 6.07) is 11.9. The maximum atomic E-state index is 12.3. The molecule has 1 saturated heterocycles. The van der Waals surface area contributed by atoms with Gasteiger partial charge in [-0.05, 0) is 31.5 Å². The molecule has 7 heteroatoms. The molecular formula is C21H23N5O2. The van der Waals surface area contributed by atoms with Crippen LogP contribution in [-0.4, -0.2) is 48.4 Å². The molecule has 1 fully saturated rings. The molecule has 0 unspecified atom stereocenters. The molecule has 1 amide bonds. The van der Waals surface area contributed by atoms with Crippen LogP contribution in [0.3, 0.4) is 0 Å². The number of nitrogens with one attached hydrogen (secondary N) is 1. The van der Waals surface area contributed by atoms with Gasteiger partial charge in [0.1, 0.15) is 17.4 Å². The van der Waals surface area contributed by atoms with Crippen molar-refractivity contribution in [2.45, 2.75) is 20.4 Å². The summed E-state index contributed by atoms with van der Waals surface area (Å²) in [6.07, 6.45) is 0. The minimum atomic E-state index is -0.175. The fourth-order valence-electron chi connectivity index (χ4n) is 3.27. The fraction of sp³-hybridized carbons (Fsp3) is 0.381. The highest BCUT2D eigenvalue weighted by molar-refractivity contribution is 5.92. The van der Waals surface area contributed by atoms with Crippen LogP contribution in [0.5, 0.6) is 0 Å². The van der Waals surface area contributed by atoms with Crippen molar-refractivity contribution in [1.29, 1.82) is 10.5 Å². The van der Waals surface area contributed by atoms with Crippen molar-refractivity contribution >= 4 is 11.8 Å². The molecule has 2 aromatic rings. The Morgan fingerprint density at radius 1 is 1.07 bits per heavy atom. The number of rotatable bonds is 5. The first-order chi connectivity index (χ1) is 13.5. The van der Waals surface area contributed by atoms with Gasteiger partial charge in [-0.1, -0.05) is 12.1 Å². The molecule has 28 heavy (non-hydrogen) atoms.